The Morgan fingerprint density at radius 2 is 2.04 bits per heavy atom. The van der Waals surface area contributed by atoms with E-state index in [1.54, 1.807) is 24.1 Å². The zero-order chi connectivity index (χ0) is 19.4. The molecule has 0 saturated carbocycles. The number of hydrogen-bond acceptors (Lipinski definition) is 7. The predicted octanol–water partition coefficient (Wildman–Crippen LogP) is 3.03. The van der Waals surface area contributed by atoms with Gasteiger partial charge in [0.25, 0.3) is 5.89 Å². The quantitative estimate of drug-likeness (QED) is 0.683. The molecule has 0 aliphatic heterocycles. The third-order valence-electron chi connectivity index (χ3n) is 3.91. The van der Waals surface area contributed by atoms with E-state index in [-0.39, 0.29) is 12.5 Å². The highest BCUT2D eigenvalue weighted by Crippen LogP contribution is 2.25. The number of aromatic nitrogens is 2. The summed E-state index contributed by atoms with van der Waals surface area (Å²) in [4.78, 5) is 14.0. The van der Waals surface area contributed by atoms with Gasteiger partial charge in [-0.1, -0.05) is 6.07 Å². The molecule has 2 heterocycles. The maximum Gasteiger partial charge on any atom is 0.251 e. The number of amides is 1. The number of ether oxygens (including phenoxy) is 1. The largest absolute Gasteiger partial charge is 0.497 e. The van der Waals surface area contributed by atoms with Crippen molar-refractivity contribution in [2.24, 2.45) is 0 Å². The molecule has 0 saturated heterocycles. The number of rotatable bonds is 7. The normalized spacial score (nSPS) is 11.0. The van der Waals surface area contributed by atoms with Crippen molar-refractivity contribution in [1.82, 2.24) is 15.1 Å². The van der Waals surface area contributed by atoms with Gasteiger partial charge < -0.3 is 18.9 Å². The van der Waals surface area contributed by atoms with Gasteiger partial charge in [0.05, 0.1) is 25.8 Å². The zero-order valence-electron chi connectivity index (χ0n) is 15.8. The van der Waals surface area contributed by atoms with Gasteiger partial charge in [0.2, 0.25) is 11.8 Å². The van der Waals surface area contributed by atoms with E-state index >= 15 is 0 Å². The van der Waals surface area contributed by atoms with Crippen LogP contribution < -0.4 is 10.1 Å². The van der Waals surface area contributed by atoms with Gasteiger partial charge in [-0.15, -0.1) is 10.2 Å². The van der Waals surface area contributed by atoms with Gasteiger partial charge in [-0.05, 0) is 39.1 Å². The Bertz CT molecular complexity index is 931. The summed E-state index contributed by atoms with van der Waals surface area (Å²) in [6, 6.07) is 9.06. The summed E-state index contributed by atoms with van der Waals surface area (Å²) >= 11 is 0. The molecule has 3 rings (SSSR count). The lowest BCUT2D eigenvalue weighted by Crippen LogP contribution is -2.29. The third kappa shape index (κ3) is 4.73. The first-order chi connectivity index (χ1) is 12.9. The molecule has 8 nitrogen and oxygen atoms in total. The molecular formula is C19H22N4O4. The van der Waals surface area contributed by atoms with Crippen molar-refractivity contribution in [3.8, 4) is 17.2 Å². The molecule has 1 amide bonds. The fourth-order valence-electron chi connectivity index (χ4n) is 2.70. The standard InChI is InChI=1S/C19H22N4O4/c1-12-8-16(13(2)26-12)19-22-21-18(27-19)11-23(3)10-17(24)20-14-6-5-7-15(9-14)25-4/h5-9H,10-11H2,1-4H3,(H,20,24). The highest BCUT2D eigenvalue weighted by Gasteiger charge is 2.16. The van der Waals surface area contributed by atoms with Crippen LogP contribution >= 0.6 is 0 Å². The van der Waals surface area contributed by atoms with E-state index < -0.39 is 0 Å². The van der Waals surface area contributed by atoms with E-state index in [1.165, 1.54) is 0 Å². The number of nitrogens with one attached hydrogen (secondary N) is 1. The number of carbonyl (C=O) groups is 1. The van der Waals surface area contributed by atoms with Crippen LogP contribution in [-0.2, 0) is 11.3 Å². The molecule has 0 spiro atoms. The average Bonchev–Trinajstić information content (AvgIpc) is 3.20. The highest BCUT2D eigenvalue weighted by molar-refractivity contribution is 5.92. The van der Waals surface area contributed by atoms with Crippen LogP contribution in [-0.4, -0.2) is 41.7 Å². The number of furan rings is 1. The molecule has 3 aromatic rings. The Balaban J connectivity index is 1.56. The van der Waals surface area contributed by atoms with Crippen molar-refractivity contribution in [1.29, 1.82) is 0 Å². The van der Waals surface area contributed by atoms with Crippen molar-refractivity contribution in [2.75, 3.05) is 26.0 Å². The summed E-state index contributed by atoms with van der Waals surface area (Å²) in [5.74, 6) is 2.90. The topological polar surface area (TPSA) is 93.6 Å². The zero-order valence-corrected chi connectivity index (χ0v) is 15.8. The molecule has 0 unspecified atom stereocenters. The first-order valence-electron chi connectivity index (χ1n) is 8.47. The van der Waals surface area contributed by atoms with E-state index in [2.05, 4.69) is 15.5 Å². The number of nitrogens with zero attached hydrogens (tertiary/aromatic N) is 3. The summed E-state index contributed by atoms with van der Waals surface area (Å²) < 4.78 is 16.3. The van der Waals surface area contributed by atoms with Crippen LogP contribution in [0.25, 0.3) is 11.5 Å². The van der Waals surface area contributed by atoms with Gasteiger partial charge in [0.1, 0.15) is 17.3 Å². The summed E-state index contributed by atoms with van der Waals surface area (Å²) in [5, 5.41) is 10.9. The summed E-state index contributed by atoms with van der Waals surface area (Å²) in [6.07, 6.45) is 0. The maximum atomic E-state index is 12.2. The van der Waals surface area contributed by atoms with Gasteiger partial charge in [-0.25, -0.2) is 0 Å². The van der Waals surface area contributed by atoms with Crippen LogP contribution in [0.3, 0.4) is 0 Å². The lowest BCUT2D eigenvalue weighted by Gasteiger charge is -2.14. The summed E-state index contributed by atoms with van der Waals surface area (Å²) in [7, 11) is 3.39. The van der Waals surface area contributed by atoms with Gasteiger partial charge in [-0.3, -0.25) is 9.69 Å². The van der Waals surface area contributed by atoms with Crippen LogP contribution in [0.4, 0.5) is 5.69 Å². The molecule has 1 aromatic carbocycles. The molecule has 0 atom stereocenters. The summed E-state index contributed by atoms with van der Waals surface area (Å²) in [5.41, 5.74) is 1.46. The Labute approximate surface area is 157 Å². The Kier molecular flexibility index (Phi) is 5.56. The van der Waals surface area contributed by atoms with Gasteiger partial charge in [0, 0.05) is 11.8 Å². The maximum absolute atomic E-state index is 12.2. The number of methoxy groups -OCH3 is 1. The number of likely N-dealkylation sites (N-methyl/N-ethyl adjacent to an activating group) is 1. The van der Waals surface area contributed by atoms with Crippen molar-refractivity contribution < 1.29 is 18.4 Å². The van der Waals surface area contributed by atoms with Gasteiger partial charge >= 0.3 is 0 Å². The fourth-order valence-corrected chi connectivity index (χ4v) is 2.70. The number of hydrogen-bond donors (Lipinski definition) is 1. The fraction of sp³-hybridized carbons (Fsp3) is 0.316. The van der Waals surface area contributed by atoms with E-state index in [4.69, 9.17) is 13.6 Å². The first kappa shape index (κ1) is 18.7. The van der Waals surface area contributed by atoms with Crippen molar-refractivity contribution in [3.05, 3.63) is 47.7 Å². The number of carbonyl (C=O) groups excluding carboxylic acids is 1. The van der Waals surface area contributed by atoms with E-state index in [0.717, 1.165) is 17.1 Å². The SMILES string of the molecule is COc1cccc(NC(=O)CN(C)Cc2nnc(-c3cc(C)oc3C)o2)c1. The van der Waals surface area contributed by atoms with Crippen molar-refractivity contribution in [2.45, 2.75) is 20.4 Å². The van der Waals surface area contributed by atoms with Crippen LogP contribution in [0.2, 0.25) is 0 Å². The molecule has 0 bridgehead atoms. The lowest BCUT2D eigenvalue weighted by atomic mass is 10.2. The molecule has 1 N–H and O–H groups in total. The van der Waals surface area contributed by atoms with Crippen LogP contribution in [0, 0.1) is 13.8 Å². The highest BCUT2D eigenvalue weighted by atomic mass is 16.5. The van der Waals surface area contributed by atoms with Crippen LogP contribution in [0.15, 0.2) is 39.2 Å². The minimum absolute atomic E-state index is 0.146. The average molecular weight is 370 g/mol. The van der Waals surface area contributed by atoms with E-state index in [1.807, 2.05) is 39.1 Å². The van der Waals surface area contributed by atoms with Crippen LogP contribution in [0.5, 0.6) is 5.75 Å². The predicted molar refractivity (Wildman–Crippen MR) is 99.4 cm³/mol. The molecular weight excluding hydrogens is 348 g/mol. The molecule has 8 heteroatoms. The number of anilines is 1. The third-order valence-corrected chi connectivity index (χ3v) is 3.91. The smallest absolute Gasteiger partial charge is 0.251 e. The first-order valence-corrected chi connectivity index (χ1v) is 8.47. The number of benzene rings is 1. The second-order valence-electron chi connectivity index (χ2n) is 6.28. The minimum Gasteiger partial charge on any atom is -0.497 e. The second-order valence-corrected chi connectivity index (χ2v) is 6.28. The molecule has 142 valence electrons. The van der Waals surface area contributed by atoms with Crippen LogP contribution in [0.1, 0.15) is 17.4 Å². The van der Waals surface area contributed by atoms with Crippen molar-refractivity contribution in [3.63, 3.8) is 0 Å². The monoisotopic (exact) mass is 370 g/mol. The van der Waals surface area contributed by atoms with E-state index in [0.29, 0.717) is 29.8 Å². The minimum atomic E-state index is -0.146. The second kappa shape index (κ2) is 8.05. The molecule has 27 heavy (non-hydrogen) atoms. The Morgan fingerprint density at radius 1 is 1.22 bits per heavy atom. The molecule has 0 radical (unpaired) electrons. The van der Waals surface area contributed by atoms with Crippen molar-refractivity contribution >= 4 is 11.6 Å². The Morgan fingerprint density at radius 3 is 2.74 bits per heavy atom. The lowest BCUT2D eigenvalue weighted by molar-refractivity contribution is -0.117. The summed E-state index contributed by atoms with van der Waals surface area (Å²) in [6.45, 7) is 4.25. The molecule has 0 fully saturated rings. The van der Waals surface area contributed by atoms with Gasteiger partial charge in [-0.2, -0.15) is 0 Å². The number of aryl methyl sites for hydroxylation is 2. The van der Waals surface area contributed by atoms with E-state index in [9.17, 15) is 4.79 Å². The molecule has 2 aromatic heterocycles. The Hall–Kier alpha value is -3.13. The van der Waals surface area contributed by atoms with Gasteiger partial charge in [0.15, 0.2) is 0 Å². The molecule has 0 aliphatic carbocycles. The molecule has 0 aliphatic rings.